The zero-order valence-electron chi connectivity index (χ0n) is 30.3. The molecule has 1 aliphatic carbocycles. The highest BCUT2D eigenvalue weighted by atomic mass is 28.3. The van der Waals surface area contributed by atoms with Gasteiger partial charge in [-0.2, -0.15) is 0 Å². The summed E-state index contributed by atoms with van der Waals surface area (Å²) in [6.45, 7) is 5.04. The molecule has 4 nitrogen and oxygen atoms in total. The zero-order chi connectivity index (χ0) is 35.6. The second-order valence-electron chi connectivity index (χ2n) is 15.4. The summed E-state index contributed by atoms with van der Waals surface area (Å²) in [6.07, 6.45) is 12.8. The normalized spacial score (nSPS) is 19.7. The van der Waals surface area contributed by atoms with Gasteiger partial charge in [0.1, 0.15) is 0 Å². The van der Waals surface area contributed by atoms with Crippen LogP contribution in [0.5, 0.6) is 0 Å². The number of pyridine rings is 2. The van der Waals surface area contributed by atoms with Crippen LogP contribution in [0.15, 0.2) is 170 Å². The maximum atomic E-state index is 4.76. The molecule has 0 radical (unpaired) electrons. The lowest BCUT2D eigenvalue weighted by Crippen LogP contribution is -2.72. The third-order valence-electron chi connectivity index (χ3n) is 12.8. The van der Waals surface area contributed by atoms with Crippen LogP contribution in [0, 0.1) is 0 Å². The molecule has 2 unspecified atom stereocenters. The average Bonchev–Trinajstić information content (AvgIpc) is 3.65. The Labute approximate surface area is 312 Å². The van der Waals surface area contributed by atoms with E-state index in [0.717, 1.165) is 0 Å². The van der Waals surface area contributed by atoms with Gasteiger partial charge in [0.05, 0.1) is 5.54 Å². The van der Waals surface area contributed by atoms with Crippen LogP contribution in [0.3, 0.4) is 0 Å². The van der Waals surface area contributed by atoms with E-state index >= 15 is 0 Å². The van der Waals surface area contributed by atoms with Crippen LogP contribution in [-0.4, -0.2) is 28.0 Å². The van der Waals surface area contributed by atoms with Crippen molar-refractivity contribution < 1.29 is 0 Å². The summed E-state index contributed by atoms with van der Waals surface area (Å²) < 4.78 is 2.70. The first-order valence-corrected chi connectivity index (χ1v) is 20.9. The summed E-state index contributed by atoms with van der Waals surface area (Å²) in [5, 5.41) is 6.24. The van der Waals surface area contributed by atoms with Crippen LogP contribution in [-0.2, 0) is 5.41 Å². The maximum absolute atomic E-state index is 4.76. The topological polar surface area (TPSA) is 34.0 Å². The van der Waals surface area contributed by atoms with Crippen molar-refractivity contribution >= 4 is 57.0 Å². The maximum Gasteiger partial charge on any atom is 0.260 e. The number of anilines is 2. The summed E-state index contributed by atoms with van der Waals surface area (Å²) in [7, 11) is -3.06. The van der Waals surface area contributed by atoms with Gasteiger partial charge in [0, 0.05) is 63.4 Å². The van der Waals surface area contributed by atoms with Crippen molar-refractivity contribution in [3.63, 3.8) is 0 Å². The predicted molar refractivity (Wildman–Crippen MR) is 223 cm³/mol. The lowest BCUT2D eigenvalue weighted by molar-refractivity contribution is 0.195. The monoisotopic (exact) mass is 702 g/mol. The summed E-state index contributed by atoms with van der Waals surface area (Å²) in [6, 6.07) is 54.2. The molecule has 5 aromatic carbocycles. The molecule has 8 aromatic rings. The second-order valence-corrected chi connectivity index (χ2v) is 19.0. The van der Waals surface area contributed by atoms with Crippen LogP contribution in [0.25, 0.3) is 32.9 Å². The van der Waals surface area contributed by atoms with Gasteiger partial charge in [-0.05, 0) is 101 Å². The Morgan fingerprint density at radius 3 is 1.85 bits per heavy atom. The highest BCUT2D eigenvalue weighted by Gasteiger charge is 2.57. The van der Waals surface area contributed by atoms with Crippen molar-refractivity contribution in [1.29, 1.82) is 0 Å². The quantitative estimate of drug-likeness (QED) is 0.162. The summed E-state index contributed by atoms with van der Waals surface area (Å²) >= 11 is 0. The van der Waals surface area contributed by atoms with Gasteiger partial charge in [-0.15, -0.1) is 0 Å². The molecule has 1 fully saturated rings. The molecule has 0 spiro atoms. The molecule has 258 valence electrons. The van der Waals surface area contributed by atoms with E-state index in [1.807, 2.05) is 12.4 Å². The molecular formula is C48H42N4Si. The van der Waals surface area contributed by atoms with Crippen molar-refractivity contribution in [2.75, 3.05) is 4.90 Å². The number of hydrogen-bond donors (Lipinski definition) is 0. The number of para-hydroxylation sites is 1. The fourth-order valence-electron chi connectivity index (χ4n) is 10.1. The highest BCUT2D eigenvalue weighted by Crippen LogP contribution is 2.60. The standard InChI is InChI=1S/C48H42N4Si/c1-47-27-11-12-28-48(47,2)51(46-22-10-9-21-43(46)47)37-24-26-45-42(32-37)41-31-36(35-15-5-3-6-16-35)23-25-44(41)52(45)53(38-17-7-4-8-18-38,39-19-13-29-49-33-39)40-20-14-30-50-34-40/h3-10,13-26,29-34H,11-12,27-28H2,1-2H3. The van der Waals surface area contributed by atoms with Gasteiger partial charge in [0.2, 0.25) is 0 Å². The molecule has 1 saturated carbocycles. The molecule has 10 rings (SSSR count). The van der Waals surface area contributed by atoms with Gasteiger partial charge in [-0.25, -0.2) is 0 Å². The van der Waals surface area contributed by atoms with Gasteiger partial charge in [-0.1, -0.05) is 117 Å². The summed E-state index contributed by atoms with van der Waals surface area (Å²) in [5.41, 5.74) is 9.04. The van der Waals surface area contributed by atoms with Crippen LogP contribution >= 0.6 is 0 Å². The average molecular weight is 703 g/mol. The van der Waals surface area contributed by atoms with E-state index in [1.165, 1.54) is 91.1 Å². The summed E-state index contributed by atoms with van der Waals surface area (Å²) in [4.78, 5) is 12.2. The minimum absolute atomic E-state index is 0.0237. The Kier molecular flexibility index (Phi) is 7.31. The first kappa shape index (κ1) is 31.9. The number of benzene rings is 5. The van der Waals surface area contributed by atoms with Gasteiger partial charge < -0.3 is 9.13 Å². The lowest BCUT2D eigenvalue weighted by atomic mass is 9.61. The van der Waals surface area contributed by atoms with Gasteiger partial charge in [-0.3, -0.25) is 9.97 Å². The van der Waals surface area contributed by atoms with E-state index in [2.05, 4.69) is 181 Å². The Hall–Kier alpha value is -5.78. The van der Waals surface area contributed by atoms with E-state index in [4.69, 9.17) is 9.97 Å². The largest absolute Gasteiger partial charge is 0.355 e. The first-order valence-electron chi connectivity index (χ1n) is 18.9. The third kappa shape index (κ3) is 4.53. The fourth-order valence-corrected chi connectivity index (χ4v) is 14.9. The molecule has 3 aromatic heterocycles. The van der Waals surface area contributed by atoms with E-state index in [1.54, 1.807) is 0 Å². The SMILES string of the molecule is CC12CCCCC1(C)N(c1ccc3c(c1)c1cc(-c4ccccc4)ccc1n3[Si](c1ccccc1)(c1cccnc1)c1cccnc1)c1ccccc12. The lowest BCUT2D eigenvalue weighted by Gasteiger charge is -2.50. The molecule has 5 heteroatoms. The number of fused-ring (bicyclic) bond motifs is 6. The molecule has 53 heavy (non-hydrogen) atoms. The first-order chi connectivity index (χ1) is 26.0. The van der Waals surface area contributed by atoms with Crippen LogP contribution in [0.1, 0.15) is 45.1 Å². The Morgan fingerprint density at radius 2 is 1.15 bits per heavy atom. The smallest absolute Gasteiger partial charge is 0.260 e. The molecule has 0 N–H and O–H groups in total. The van der Waals surface area contributed by atoms with Crippen molar-refractivity contribution in [3.8, 4) is 11.1 Å². The van der Waals surface area contributed by atoms with E-state index in [0.29, 0.717) is 0 Å². The predicted octanol–water partition coefficient (Wildman–Crippen LogP) is 9.51. The van der Waals surface area contributed by atoms with Crippen LogP contribution in [0.2, 0.25) is 0 Å². The number of rotatable bonds is 6. The van der Waals surface area contributed by atoms with Crippen molar-refractivity contribution in [2.24, 2.45) is 0 Å². The van der Waals surface area contributed by atoms with Crippen molar-refractivity contribution in [2.45, 2.75) is 50.5 Å². The van der Waals surface area contributed by atoms with Crippen LogP contribution < -0.4 is 20.5 Å². The molecule has 1 aliphatic heterocycles. The van der Waals surface area contributed by atoms with E-state index in [9.17, 15) is 0 Å². The van der Waals surface area contributed by atoms with Gasteiger partial charge >= 0.3 is 0 Å². The molecular weight excluding hydrogens is 661 g/mol. The Bertz CT molecular complexity index is 2510. The minimum atomic E-state index is -3.06. The highest BCUT2D eigenvalue weighted by molar-refractivity contribution is 7.11. The Morgan fingerprint density at radius 1 is 0.547 bits per heavy atom. The van der Waals surface area contributed by atoms with Crippen molar-refractivity contribution in [3.05, 3.63) is 176 Å². The van der Waals surface area contributed by atoms with Gasteiger partial charge in [0.25, 0.3) is 8.24 Å². The Balaban J connectivity index is 1.33. The molecule has 0 saturated heterocycles. The third-order valence-corrected chi connectivity index (χ3v) is 17.4. The van der Waals surface area contributed by atoms with Crippen molar-refractivity contribution in [1.82, 2.24) is 14.2 Å². The molecule has 2 atom stereocenters. The molecule has 0 bridgehead atoms. The van der Waals surface area contributed by atoms with Gasteiger partial charge in [0.15, 0.2) is 0 Å². The van der Waals surface area contributed by atoms with E-state index in [-0.39, 0.29) is 11.0 Å². The minimum Gasteiger partial charge on any atom is -0.355 e. The molecule has 2 aliphatic rings. The second kappa shape index (κ2) is 12.1. The van der Waals surface area contributed by atoms with Crippen LogP contribution in [0.4, 0.5) is 11.4 Å². The zero-order valence-corrected chi connectivity index (χ0v) is 31.3. The number of aromatic nitrogens is 3. The van der Waals surface area contributed by atoms with E-state index < -0.39 is 8.24 Å². The number of nitrogens with zero attached hydrogens (tertiary/aromatic N) is 4. The molecule has 4 heterocycles. The summed E-state index contributed by atoms with van der Waals surface area (Å²) in [5.74, 6) is 0. The molecule has 0 amide bonds. The number of hydrogen-bond acceptors (Lipinski definition) is 3. The fraction of sp³-hybridized carbons (Fsp3) is 0.167.